The summed E-state index contributed by atoms with van der Waals surface area (Å²) in [5.41, 5.74) is -0.476. The molecule has 24 heavy (non-hydrogen) atoms. The van der Waals surface area contributed by atoms with Crippen LogP contribution in [0.1, 0.15) is 77.6 Å². The minimum atomic E-state index is -1.42. The number of ether oxygens (including phenoxy) is 1. The van der Waals surface area contributed by atoms with Gasteiger partial charge in [0, 0.05) is 6.08 Å². The van der Waals surface area contributed by atoms with Crippen LogP contribution in [0.3, 0.4) is 0 Å². The Labute approximate surface area is 143 Å². The van der Waals surface area contributed by atoms with Crippen LogP contribution in [-0.4, -0.2) is 34.7 Å². The standard InChI is InChI=1S/C18H30O6/c1-2-3-4-5-6-7-8-9-10-11-12-24-17(21)14-15(18(22)23)13-16(19)20/h14H,2-13H2,1H3,(H,19,20)(H,22,23). The van der Waals surface area contributed by atoms with Gasteiger partial charge in [0.15, 0.2) is 0 Å². The molecule has 0 aliphatic heterocycles. The van der Waals surface area contributed by atoms with E-state index < -0.39 is 29.9 Å². The molecule has 0 fully saturated rings. The monoisotopic (exact) mass is 342 g/mol. The molecule has 0 aromatic heterocycles. The number of aliphatic carboxylic acids is 2. The molecule has 0 aromatic rings. The van der Waals surface area contributed by atoms with Crippen LogP contribution in [0.4, 0.5) is 0 Å². The van der Waals surface area contributed by atoms with E-state index in [-0.39, 0.29) is 6.61 Å². The van der Waals surface area contributed by atoms with Gasteiger partial charge in [-0.15, -0.1) is 0 Å². The molecule has 0 aliphatic rings. The zero-order valence-electron chi connectivity index (χ0n) is 14.6. The molecule has 0 spiro atoms. The summed E-state index contributed by atoms with van der Waals surface area (Å²) >= 11 is 0. The van der Waals surface area contributed by atoms with Crippen molar-refractivity contribution in [1.82, 2.24) is 0 Å². The highest BCUT2D eigenvalue weighted by Crippen LogP contribution is 2.10. The summed E-state index contributed by atoms with van der Waals surface area (Å²) in [6.07, 6.45) is 11.7. The Morgan fingerprint density at radius 1 is 0.833 bits per heavy atom. The maximum atomic E-state index is 11.4. The molecule has 6 nitrogen and oxygen atoms in total. The molecule has 0 rings (SSSR count). The second-order valence-corrected chi connectivity index (χ2v) is 5.89. The summed E-state index contributed by atoms with van der Waals surface area (Å²) in [7, 11) is 0. The Kier molecular flexibility index (Phi) is 13.6. The van der Waals surface area contributed by atoms with Crippen LogP contribution in [0.15, 0.2) is 11.6 Å². The first-order valence-corrected chi connectivity index (χ1v) is 8.79. The summed E-state index contributed by atoms with van der Waals surface area (Å²) in [5, 5.41) is 17.4. The van der Waals surface area contributed by atoms with Gasteiger partial charge >= 0.3 is 17.9 Å². The SMILES string of the molecule is CCCCCCCCCCCCOC(=O)C=C(CC(=O)O)C(=O)O. The van der Waals surface area contributed by atoms with Gasteiger partial charge in [0.05, 0.1) is 18.6 Å². The highest BCUT2D eigenvalue weighted by Gasteiger charge is 2.14. The highest BCUT2D eigenvalue weighted by molar-refractivity contribution is 5.98. The second kappa shape index (κ2) is 14.7. The van der Waals surface area contributed by atoms with Crippen molar-refractivity contribution in [2.45, 2.75) is 77.6 Å². The van der Waals surface area contributed by atoms with Gasteiger partial charge in [-0.2, -0.15) is 0 Å². The first-order valence-electron chi connectivity index (χ1n) is 8.79. The number of unbranched alkanes of at least 4 members (excludes halogenated alkanes) is 9. The molecule has 0 atom stereocenters. The van der Waals surface area contributed by atoms with Crippen molar-refractivity contribution in [3.8, 4) is 0 Å². The lowest BCUT2D eigenvalue weighted by atomic mass is 10.1. The van der Waals surface area contributed by atoms with Crippen LogP contribution >= 0.6 is 0 Å². The maximum absolute atomic E-state index is 11.4. The van der Waals surface area contributed by atoms with E-state index in [0.717, 1.165) is 25.3 Å². The molecule has 0 unspecified atom stereocenters. The molecule has 0 aromatic carbocycles. The van der Waals surface area contributed by atoms with E-state index >= 15 is 0 Å². The number of carbonyl (C=O) groups is 3. The molecule has 138 valence electrons. The Hall–Kier alpha value is -1.85. The van der Waals surface area contributed by atoms with Crippen LogP contribution in [0, 0.1) is 0 Å². The van der Waals surface area contributed by atoms with E-state index in [1.165, 1.54) is 44.9 Å². The van der Waals surface area contributed by atoms with Crippen molar-refractivity contribution in [2.24, 2.45) is 0 Å². The van der Waals surface area contributed by atoms with E-state index in [0.29, 0.717) is 0 Å². The average Bonchev–Trinajstić information content (AvgIpc) is 2.51. The molecule has 0 saturated carbocycles. The first kappa shape index (κ1) is 22.1. The highest BCUT2D eigenvalue weighted by atomic mass is 16.5. The fraction of sp³-hybridized carbons (Fsp3) is 0.722. The van der Waals surface area contributed by atoms with Gasteiger partial charge in [0.2, 0.25) is 0 Å². The van der Waals surface area contributed by atoms with E-state index in [1.807, 2.05) is 0 Å². The lowest BCUT2D eigenvalue weighted by Crippen LogP contribution is -2.11. The van der Waals surface area contributed by atoms with Crippen LogP contribution in [0.2, 0.25) is 0 Å². The predicted molar refractivity (Wildman–Crippen MR) is 90.8 cm³/mol. The van der Waals surface area contributed by atoms with Crippen molar-refractivity contribution >= 4 is 17.9 Å². The van der Waals surface area contributed by atoms with Gasteiger partial charge in [-0.05, 0) is 6.42 Å². The van der Waals surface area contributed by atoms with Crippen molar-refractivity contribution in [1.29, 1.82) is 0 Å². The van der Waals surface area contributed by atoms with Gasteiger partial charge < -0.3 is 14.9 Å². The molecule has 0 bridgehead atoms. The maximum Gasteiger partial charge on any atom is 0.332 e. The van der Waals surface area contributed by atoms with Crippen LogP contribution in [0.25, 0.3) is 0 Å². The average molecular weight is 342 g/mol. The number of esters is 1. The Balaban J connectivity index is 3.67. The van der Waals surface area contributed by atoms with Gasteiger partial charge in [-0.3, -0.25) is 4.79 Å². The minimum absolute atomic E-state index is 0.228. The van der Waals surface area contributed by atoms with Crippen molar-refractivity contribution < 1.29 is 29.3 Å². The number of hydrogen-bond acceptors (Lipinski definition) is 4. The van der Waals surface area contributed by atoms with Gasteiger partial charge in [0.1, 0.15) is 0 Å². The largest absolute Gasteiger partial charge is 0.481 e. The smallest absolute Gasteiger partial charge is 0.332 e. The van der Waals surface area contributed by atoms with Gasteiger partial charge in [0.25, 0.3) is 0 Å². The molecule has 2 N–H and O–H groups in total. The van der Waals surface area contributed by atoms with E-state index in [2.05, 4.69) is 6.92 Å². The lowest BCUT2D eigenvalue weighted by molar-refractivity contribution is -0.140. The summed E-state index contributed by atoms with van der Waals surface area (Å²) in [5.74, 6) is -3.52. The number of hydrogen-bond donors (Lipinski definition) is 2. The van der Waals surface area contributed by atoms with Crippen molar-refractivity contribution in [3.63, 3.8) is 0 Å². The number of carboxylic acid groups (broad SMARTS) is 2. The molecule has 0 amide bonds. The Morgan fingerprint density at radius 3 is 1.79 bits per heavy atom. The third-order valence-corrected chi connectivity index (χ3v) is 3.65. The molecular formula is C18H30O6. The molecular weight excluding hydrogens is 312 g/mol. The number of carbonyl (C=O) groups excluding carboxylic acids is 1. The summed E-state index contributed by atoms with van der Waals surface area (Å²) in [6.45, 7) is 2.43. The van der Waals surface area contributed by atoms with Gasteiger partial charge in [-0.25, -0.2) is 9.59 Å². The zero-order valence-corrected chi connectivity index (χ0v) is 14.6. The first-order chi connectivity index (χ1) is 11.5. The summed E-state index contributed by atoms with van der Waals surface area (Å²) in [4.78, 5) is 32.7. The molecule has 6 heteroatoms. The van der Waals surface area contributed by atoms with Crippen molar-refractivity contribution in [2.75, 3.05) is 6.61 Å². The number of rotatable bonds is 15. The van der Waals surface area contributed by atoms with Crippen LogP contribution in [-0.2, 0) is 19.1 Å². The molecule has 0 saturated heterocycles. The van der Waals surface area contributed by atoms with E-state index in [1.54, 1.807) is 0 Å². The molecule has 0 aliphatic carbocycles. The Bertz CT molecular complexity index is 414. The molecule has 0 radical (unpaired) electrons. The number of carboxylic acids is 2. The van der Waals surface area contributed by atoms with Crippen molar-refractivity contribution in [3.05, 3.63) is 11.6 Å². The lowest BCUT2D eigenvalue weighted by Gasteiger charge is -2.04. The molecule has 0 heterocycles. The fourth-order valence-corrected chi connectivity index (χ4v) is 2.30. The predicted octanol–water partition coefficient (Wildman–Crippen LogP) is 3.94. The van der Waals surface area contributed by atoms with Crippen LogP contribution in [0.5, 0.6) is 0 Å². The fourth-order valence-electron chi connectivity index (χ4n) is 2.30. The normalized spacial score (nSPS) is 11.3. The quantitative estimate of drug-likeness (QED) is 0.266. The minimum Gasteiger partial charge on any atom is -0.481 e. The van der Waals surface area contributed by atoms with Crippen LogP contribution < -0.4 is 0 Å². The summed E-state index contributed by atoms with van der Waals surface area (Å²) < 4.78 is 4.90. The third-order valence-electron chi connectivity index (χ3n) is 3.65. The summed E-state index contributed by atoms with van der Waals surface area (Å²) in [6, 6.07) is 0. The van der Waals surface area contributed by atoms with E-state index in [4.69, 9.17) is 14.9 Å². The van der Waals surface area contributed by atoms with Gasteiger partial charge in [-0.1, -0.05) is 64.7 Å². The second-order valence-electron chi connectivity index (χ2n) is 5.89. The Morgan fingerprint density at radius 2 is 1.33 bits per heavy atom. The topological polar surface area (TPSA) is 101 Å². The van der Waals surface area contributed by atoms with E-state index in [9.17, 15) is 14.4 Å². The zero-order chi connectivity index (χ0) is 18.2. The third kappa shape index (κ3) is 13.8.